The van der Waals surface area contributed by atoms with Crippen LogP contribution in [0, 0.1) is 0 Å². The van der Waals surface area contributed by atoms with Crippen LogP contribution in [0.1, 0.15) is 37.2 Å². The summed E-state index contributed by atoms with van der Waals surface area (Å²) < 4.78 is 0. The molecular formula is C25H19Cl2NO2. The number of hydrogen-bond donors (Lipinski definition) is 0. The van der Waals surface area contributed by atoms with Crippen LogP contribution in [0.2, 0.25) is 10.0 Å². The molecule has 1 aliphatic heterocycles. The fourth-order valence-corrected chi connectivity index (χ4v) is 5.30. The molecular weight excluding hydrogens is 417 g/mol. The Morgan fingerprint density at radius 1 is 0.867 bits per heavy atom. The molecule has 0 aromatic heterocycles. The molecule has 5 heteroatoms. The van der Waals surface area contributed by atoms with Crippen molar-refractivity contribution in [3.05, 3.63) is 87.5 Å². The number of halogens is 2. The van der Waals surface area contributed by atoms with Gasteiger partial charge in [0.2, 0.25) is 5.91 Å². The van der Waals surface area contributed by atoms with E-state index in [1.54, 1.807) is 23.1 Å². The first-order valence-corrected chi connectivity index (χ1v) is 10.8. The Morgan fingerprint density at radius 2 is 1.60 bits per heavy atom. The summed E-state index contributed by atoms with van der Waals surface area (Å²) in [5.41, 5.74) is 3.20. The van der Waals surface area contributed by atoms with E-state index in [1.807, 2.05) is 24.3 Å². The predicted octanol–water partition coefficient (Wildman–Crippen LogP) is 6.67. The van der Waals surface area contributed by atoms with Gasteiger partial charge >= 0.3 is 0 Å². The van der Waals surface area contributed by atoms with E-state index >= 15 is 0 Å². The zero-order chi connectivity index (χ0) is 20.8. The topological polar surface area (TPSA) is 37.4 Å². The Labute approximate surface area is 184 Å². The number of fused-ring (bicyclic) bond motifs is 1. The number of allylic oxidation sites excluding steroid dienone is 2. The van der Waals surface area contributed by atoms with Crippen LogP contribution in [0.25, 0.3) is 10.8 Å². The van der Waals surface area contributed by atoms with Gasteiger partial charge in [0.1, 0.15) is 0 Å². The van der Waals surface area contributed by atoms with E-state index < -0.39 is 0 Å². The number of anilines is 1. The number of carbonyl (C=O) groups excluding carboxylic acids is 2. The van der Waals surface area contributed by atoms with Gasteiger partial charge in [-0.15, -0.1) is 0 Å². The molecule has 0 fully saturated rings. The maximum absolute atomic E-state index is 13.4. The molecule has 3 nitrogen and oxygen atoms in total. The van der Waals surface area contributed by atoms with Gasteiger partial charge < -0.3 is 0 Å². The molecule has 0 radical (unpaired) electrons. The molecule has 1 heterocycles. The van der Waals surface area contributed by atoms with E-state index in [4.69, 9.17) is 23.2 Å². The number of benzene rings is 3. The summed E-state index contributed by atoms with van der Waals surface area (Å²) in [5.74, 6) is -0.156. The zero-order valence-corrected chi connectivity index (χ0v) is 17.7. The number of nitrogens with zero attached hydrogens (tertiary/aromatic N) is 1. The molecule has 0 spiro atoms. The summed E-state index contributed by atoms with van der Waals surface area (Å²) in [4.78, 5) is 28.2. The standard InChI is InChI=1S/C25H19Cl2NO2/c26-16-11-17(27)13-18(12-16)28-22-9-4-10-23(29)25(22)21(14-24(28)30)20-8-3-6-15-5-1-2-7-19(15)20/h1-3,5-8,11-13,21H,4,9-10,14H2. The number of rotatable bonds is 2. The molecule has 1 amide bonds. The highest BCUT2D eigenvalue weighted by Gasteiger charge is 2.40. The third kappa shape index (κ3) is 3.23. The van der Waals surface area contributed by atoms with E-state index in [-0.39, 0.29) is 24.0 Å². The molecule has 3 aromatic carbocycles. The number of hydrogen-bond acceptors (Lipinski definition) is 2. The first kappa shape index (κ1) is 19.3. The van der Waals surface area contributed by atoms with Crippen molar-refractivity contribution in [2.24, 2.45) is 0 Å². The smallest absolute Gasteiger partial charge is 0.232 e. The van der Waals surface area contributed by atoms with Crippen LogP contribution in [0.3, 0.4) is 0 Å². The van der Waals surface area contributed by atoms with Crippen LogP contribution in [0.4, 0.5) is 5.69 Å². The molecule has 1 unspecified atom stereocenters. The number of carbonyl (C=O) groups is 2. The monoisotopic (exact) mass is 435 g/mol. The molecule has 0 N–H and O–H groups in total. The van der Waals surface area contributed by atoms with E-state index in [1.165, 1.54) is 0 Å². The Bertz CT molecular complexity index is 1210. The minimum absolute atomic E-state index is 0.0419. The van der Waals surface area contributed by atoms with Crippen molar-refractivity contribution in [1.29, 1.82) is 0 Å². The quantitative estimate of drug-likeness (QED) is 0.450. The molecule has 1 aliphatic carbocycles. The molecule has 0 bridgehead atoms. The summed E-state index contributed by atoms with van der Waals surface area (Å²) >= 11 is 12.4. The largest absolute Gasteiger partial charge is 0.294 e. The summed E-state index contributed by atoms with van der Waals surface area (Å²) in [6.07, 6.45) is 2.16. The molecule has 30 heavy (non-hydrogen) atoms. The zero-order valence-electron chi connectivity index (χ0n) is 16.2. The second kappa shape index (κ2) is 7.57. The van der Waals surface area contributed by atoms with Crippen LogP contribution in [0.5, 0.6) is 0 Å². The predicted molar refractivity (Wildman–Crippen MR) is 121 cm³/mol. The van der Waals surface area contributed by atoms with Gasteiger partial charge in [0.25, 0.3) is 0 Å². The molecule has 3 aromatic rings. The summed E-state index contributed by atoms with van der Waals surface area (Å²) in [7, 11) is 0. The highest BCUT2D eigenvalue weighted by molar-refractivity contribution is 6.35. The summed E-state index contributed by atoms with van der Waals surface area (Å²) in [5, 5.41) is 3.12. The number of amides is 1. The SMILES string of the molecule is O=C1CCCC2=C1C(c1cccc3ccccc13)CC(=O)N2c1cc(Cl)cc(Cl)c1. The summed E-state index contributed by atoms with van der Waals surface area (Å²) in [6.45, 7) is 0. The minimum Gasteiger partial charge on any atom is -0.294 e. The lowest BCUT2D eigenvalue weighted by atomic mass is 9.76. The van der Waals surface area contributed by atoms with Gasteiger partial charge in [0.15, 0.2) is 5.78 Å². The van der Waals surface area contributed by atoms with Crippen LogP contribution in [0.15, 0.2) is 71.9 Å². The van der Waals surface area contributed by atoms with Gasteiger partial charge in [-0.1, -0.05) is 65.7 Å². The van der Waals surface area contributed by atoms with Gasteiger partial charge in [0.05, 0.1) is 5.69 Å². The lowest BCUT2D eigenvalue weighted by Crippen LogP contribution is -2.40. The normalized spacial score (nSPS) is 19.4. The Kier molecular flexibility index (Phi) is 4.88. The van der Waals surface area contributed by atoms with Crippen LogP contribution in [-0.4, -0.2) is 11.7 Å². The average molecular weight is 436 g/mol. The van der Waals surface area contributed by atoms with Crippen molar-refractivity contribution in [3.8, 4) is 0 Å². The van der Waals surface area contributed by atoms with E-state index in [2.05, 4.69) is 18.2 Å². The lowest BCUT2D eigenvalue weighted by molar-refractivity contribution is -0.119. The molecule has 0 saturated heterocycles. The van der Waals surface area contributed by atoms with Crippen molar-refractivity contribution in [1.82, 2.24) is 0 Å². The fraction of sp³-hybridized carbons (Fsp3) is 0.200. The van der Waals surface area contributed by atoms with Crippen molar-refractivity contribution >= 4 is 51.4 Å². The molecule has 5 rings (SSSR count). The van der Waals surface area contributed by atoms with Crippen molar-refractivity contribution in [3.63, 3.8) is 0 Å². The molecule has 1 atom stereocenters. The maximum atomic E-state index is 13.4. The minimum atomic E-state index is -0.239. The maximum Gasteiger partial charge on any atom is 0.232 e. The summed E-state index contributed by atoms with van der Waals surface area (Å²) in [6, 6.07) is 19.3. The molecule has 0 saturated carbocycles. The van der Waals surface area contributed by atoms with Gasteiger partial charge in [-0.2, -0.15) is 0 Å². The number of ketones is 1. The van der Waals surface area contributed by atoms with E-state index in [9.17, 15) is 9.59 Å². The number of Topliss-reactive ketones (excluding diaryl/α,β-unsaturated/α-hetero) is 1. The average Bonchev–Trinajstić information content (AvgIpc) is 2.72. The second-order valence-electron chi connectivity index (χ2n) is 7.82. The second-order valence-corrected chi connectivity index (χ2v) is 8.69. The highest BCUT2D eigenvalue weighted by atomic mass is 35.5. The third-order valence-corrected chi connectivity index (χ3v) is 6.42. The van der Waals surface area contributed by atoms with E-state index in [0.717, 1.165) is 34.0 Å². The van der Waals surface area contributed by atoms with Gasteiger partial charge in [0, 0.05) is 40.1 Å². The lowest BCUT2D eigenvalue weighted by Gasteiger charge is -2.38. The van der Waals surface area contributed by atoms with E-state index in [0.29, 0.717) is 28.6 Å². The van der Waals surface area contributed by atoms with Crippen molar-refractivity contribution in [2.75, 3.05) is 4.90 Å². The van der Waals surface area contributed by atoms with Crippen molar-refractivity contribution < 1.29 is 9.59 Å². The molecule has 150 valence electrons. The fourth-order valence-electron chi connectivity index (χ4n) is 4.78. The van der Waals surface area contributed by atoms with Gasteiger partial charge in [-0.05, 0) is 47.4 Å². The first-order valence-electron chi connectivity index (χ1n) is 10.1. The van der Waals surface area contributed by atoms with Crippen LogP contribution < -0.4 is 4.90 Å². The third-order valence-electron chi connectivity index (χ3n) is 5.98. The van der Waals surface area contributed by atoms with Gasteiger partial charge in [-0.25, -0.2) is 0 Å². The van der Waals surface area contributed by atoms with Gasteiger partial charge in [-0.3, -0.25) is 14.5 Å². The van der Waals surface area contributed by atoms with Crippen LogP contribution in [-0.2, 0) is 9.59 Å². The Morgan fingerprint density at radius 3 is 2.40 bits per heavy atom. The molecule has 2 aliphatic rings. The van der Waals surface area contributed by atoms with Crippen molar-refractivity contribution in [2.45, 2.75) is 31.6 Å². The Hall–Kier alpha value is -2.62. The Balaban J connectivity index is 1.72. The van der Waals surface area contributed by atoms with Crippen LogP contribution >= 0.6 is 23.2 Å². The first-order chi connectivity index (χ1) is 14.5. The highest BCUT2D eigenvalue weighted by Crippen LogP contribution is 2.45.